The van der Waals surface area contributed by atoms with Gasteiger partial charge >= 0.3 is 5.97 Å². The summed E-state index contributed by atoms with van der Waals surface area (Å²) >= 11 is 0. The molecule has 7 heteroatoms. The maximum atomic E-state index is 11.5. The Morgan fingerprint density at radius 3 is 2.76 bits per heavy atom. The van der Waals surface area contributed by atoms with Crippen LogP contribution >= 0.6 is 0 Å². The Labute approximate surface area is 121 Å². The topological polar surface area (TPSA) is 95.7 Å². The van der Waals surface area contributed by atoms with Gasteiger partial charge in [0.15, 0.2) is 5.78 Å². The van der Waals surface area contributed by atoms with Crippen LogP contribution in [0.15, 0.2) is 30.3 Å². The van der Waals surface area contributed by atoms with Gasteiger partial charge in [-0.2, -0.15) is 0 Å². The van der Waals surface area contributed by atoms with E-state index in [2.05, 4.69) is 0 Å². The fourth-order valence-electron chi connectivity index (χ4n) is 1.42. The number of carbonyl (C=O) groups is 2. The van der Waals surface area contributed by atoms with Crippen molar-refractivity contribution in [2.24, 2.45) is 0 Å². The van der Waals surface area contributed by atoms with Gasteiger partial charge in [0.1, 0.15) is 13.0 Å². The monoisotopic (exact) mass is 293 g/mol. The molecule has 0 N–H and O–H groups in total. The molecule has 1 rings (SSSR count). The highest BCUT2D eigenvalue weighted by atomic mass is 16.6. The van der Waals surface area contributed by atoms with E-state index >= 15 is 0 Å². The maximum absolute atomic E-state index is 11.5. The Morgan fingerprint density at radius 1 is 1.33 bits per heavy atom. The predicted molar refractivity (Wildman–Crippen MR) is 74.6 cm³/mol. The molecule has 1 aromatic rings. The second kappa shape index (κ2) is 8.60. The molecule has 0 saturated heterocycles. The van der Waals surface area contributed by atoms with Gasteiger partial charge in [-0.1, -0.05) is 18.2 Å². The lowest BCUT2D eigenvalue weighted by molar-refractivity contribution is -0.384. The zero-order chi connectivity index (χ0) is 15.7. The van der Waals surface area contributed by atoms with E-state index in [1.54, 1.807) is 6.07 Å². The summed E-state index contributed by atoms with van der Waals surface area (Å²) in [4.78, 5) is 32.9. The van der Waals surface area contributed by atoms with Crippen molar-refractivity contribution in [2.75, 3.05) is 20.3 Å². The Bertz CT molecular complexity index is 552. The van der Waals surface area contributed by atoms with Gasteiger partial charge in [0.05, 0.1) is 11.5 Å². The molecule has 0 aliphatic rings. The van der Waals surface area contributed by atoms with Crippen molar-refractivity contribution in [3.05, 3.63) is 46.0 Å². The first-order valence-corrected chi connectivity index (χ1v) is 6.13. The summed E-state index contributed by atoms with van der Waals surface area (Å²) in [6.45, 7) is 0.362. The van der Waals surface area contributed by atoms with Gasteiger partial charge in [-0.3, -0.25) is 19.7 Å². The van der Waals surface area contributed by atoms with Gasteiger partial charge in [0.2, 0.25) is 0 Å². The average Bonchev–Trinajstić information content (AvgIpc) is 2.45. The van der Waals surface area contributed by atoms with Crippen LogP contribution < -0.4 is 0 Å². The molecule has 1 aromatic carbocycles. The molecule has 0 aliphatic carbocycles. The molecule has 0 unspecified atom stereocenters. The molecule has 112 valence electrons. The first-order valence-electron chi connectivity index (χ1n) is 6.13. The van der Waals surface area contributed by atoms with Crippen LogP contribution in [0.4, 0.5) is 5.69 Å². The van der Waals surface area contributed by atoms with Gasteiger partial charge in [0.25, 0.3) is 5.69 Å². The van der Waals surface area contributed by atoms with Crippen molar-refractivity contribution < 1.29 is 24.0 Å². The zero-order valence-corrected chi connectivity index (χ0v) is 11.5. The highest BCUT2D eigenvalue weighted by molar-refractivity contribution is 6.03. The first kappa shape index (κ1) is 16.5. The lowest BCUT2D eigenvalue weighted by atomic mass is 10.1. The fraction of sp³-hybridized carbons (Fsp3) is 0.286. The third-order valence-corrected chi connectivity index (χ3v) is 2.41. The van der Waals surface area contributed by atoms with E-state index in [0.717, 1.165) is 0 Å². The highest BCUT2D eigenvalue weighted by Gasteiger charge is 2.08. The summed E-state index contributed by atoms with van der Waals surface area (Å²) in [7, 11) is 1.47. The lowest BCUT2D eigenvalue weighted by Crippen LogP contribution is -2.12. The number of allylic oxidation sites excluding steroid dienone is 1. The number of nitro groups is 1. The van der Waals surface area contributed by atoms with Gasteiger partial charge in [0, 0.05) is 19.2 Å². The Kier molecular flexibility index (Phi) is 6.76. The summed E-state index contributed by atoms with van der Waals surface area (Å²) in [6, 6.07) is 5.82. The van der Waals surface area contributed by atoms with E-state index in [1.165, 1.54) is 37.5 Å². The van der Waals surface area contributed by atoms with Crippen molar-refractivity contribution in [1.29, 1.82) is 0 Å². The predicted octanol–water partition coefficient (Wildman–Crippen LogP) is 1.76. The number of carbonyl (C=O) groups excluding carboxylic acids is 2. The van der Waals surface area contributed by atoms with Crippen LogP contribution in [-0.2, 0) is 19.1 Å². The number of methoxy groups -OCH3 is 1. The van der Waals surface area contributed by atoms with E-state index < -0.39 is 16.7 Å². The summed E-state index contributed by atoms with van der Waals surface area (Å²) < 4.78 is 9.45. The third-order valence-electron chi connectivity index (χ3n) is 2.41. The average molecular weight is 293 g/mol. The van der Waals surface area contributed by atoms with E-state index in [4.69, 9.17) is 9.47 Å². The quantitative estimate of drug-likeness (QED) is 0.181. The number of rotatable bonds is 8. The molecule has 0 amide bonds. The number of benzene rings is 1. The molecule has 0 aromatic heterocycles. The molecular weight excluding hydrogens is 278 g/mol. The fourth-order valence-corrected chi connectivity index (χ4v) is 1.42. The van der Waals surface area contributed by atoms with Gasteiger partial charge < -0.3 is 9.47 Å². The summed E-state index contributed by atoms with van der Waals surface area (Å²) in [6.07, 6.45) is 2.23. The Hall–Kier alpha value is -2.54. The smallest absolute Gasteiger partial charge is 0.313 e. The normalized spacial score (nSPS) is 10.5. The van der Waals surface area contributed by atoms with Crippen molar-refractivity contribution >= 4 is 23.5 Å². The number of nitro benzene ring substituents is 1. The van der Waals surface area contributed by atoms with E-state index in [9.17, 15) is 19.7 Å². The molecular formula is C14H15NO6. The van der Waals surface area contributed by atoms with Crippen molar-refractivity contribution in [3.63, 3.8) is 0 Å². The van der Waals surface area contributed by atoms with Crippen LogP contribution in [0, 0.1) is 10.1 Å². The minimum Gasteiger partial charge on any atom is -0.463 e. The van der Waals surface area contributed by atoms with E-state index in [1.807, 2.05) is 0 Å². The Morgan fingerprint density at radius 2 is 2.10 bits per heavy atom. The molecule has 0 spiro atoms. The number of nitrogens with zero attached hydrogens (tertiary/aromatic N) is 1. The van der Waals surface area contributed by atoms with E-state index in [0.29, 0.717) is 5.56 Å². The second-order valence-electron chi connectivity index (χ2n) is 4.04. The van der Waals surface area contributed by atoms with Gasteiger partial charge in [-0.15, -0.1) is 0 Å². The first-order chi connectivity index (χ1) is 10.0. The number of non-ortho nitro benzene ring substituents is 1. The molecule has 0 bridgehead atoms. The van der Waals surface area contributed by atoms with Gasteiger partial charge in [-0.05, 0) is 11.6 Å². The highest BCUT2D eigenvalue weighted by Crippen LogP contribution is 2.14. The molecule has 0 fully saturated rings. The summed E-state index contributed by atoms with van der Waals surface area (Å²) in [5.74, 6) is -1.08. The minimum absolute atomic E-state index is 0.0661. The van der Waals surface area contributed by atoms with Crippen molar-refractivity contribution in [2.45, 2.75) is 6.42 Å². The molecule has 7 nitrogen and oxygen atoms in total. The molecule has 0 radical (unpaired) electrons. The van der Waals surface area contributed by atoms with Crippen LogP contribution in [0.3, 0.4) is 0 Å². The van der Waals surface area contributed by atoms with Crippen LogP contribution in [0.25, 0.3) is 6.08 Å². The minimum atomic E-state index is -0.638. The molecule has 0 aliphatic heterocycles. The van der Waals surface area contributed by atoms with Crippen LogP contribution in [0.5, 0.6) is 0 Å². The number of ketones is 1. The number of hydrogen-bond acceptors (Lipinski definition) is 6. The van der Waals surface area contributed by atoms with Crippen LogP contribution in [-0.4, -0.2) is 37.0 Å². The summed E-state index contributed by atoms with van der Waals surface area (Å²) in [5, 5.41) is 10.6. The SMILES string of the molecule is COCCOC(=O)CC(=O)C=Cc1cccc([N+](=O)[O-])c1. The molecule has 0 atom stereocenters. The Balaban J connectivity index is 2.52. The van der Waals surface area contributed by atoms with Crippen molar-refractivity contribution in [1.82, 2.24) is 0 Å². The van der Waals surface area contributed by atoms with Gasteiger partial charge in [-0.25, -0.2) is 0 Å². The maximum Gasteiger partial charge on any atom is 0.313 e. The second-order valence-corrected chi connectivity index (χ2v) is 4.04. The van der Waals surface area contributed by atoms with Crippen LogP contribution in [0.1, 0.15) is 12.0 Å². The number of ether oxygens (including phenoxy) is 2. The zero-order valence-electron chi connectivity index (χ0n) is 11.5. The largest absolute Gasteiger partial charge is 0.463 e. The van der Waals surface area contributed by atoms with Crippen LogP contribution in [0.2, 0.25) is 0 Å². The number of hydrogen-bond donors (Lipinski definition) is 0. The standard InChI is InChI=1S/C14H15NO6/c1-20-7-8-21-14(17)10-13(16)6-5-11-3-2-4-12(9-11)15(18)19/h2-6,9H,7-8,10H2,1H3. The molecule has 21 heavy (non-hydrogen) atoms. The summed E-state index contributed by atoms with van der Waals surface area (Å²) in [5.41, 5.74) is 0.439. The van der Waals surface area contributed by atoms with E-state index in [-0.39, 0.29) is 25.3 Å². The lowest BCUT2D eigenvalue weighted by Gasteiger charge is -2.01. The molecule has 0 saturated carbocycles. The number of esters is 1. The molecule has 0 heterocycles. The third kappa shape index (κ3) is 6.44. The van der Waals surface area contributed by atoms with Crippen molar-refractivity contribution in [3.8, 4) is 0 Å².